The van der Waals surface area contributed by atoms with Gasteiger partial charge in [0.05, 0.1) is 11.9 Å². The van der Waals surface area contributed by atoms with E-state index in [0.29, 0.717) is 24.1 Å². The molecule has 2 saturated heterocycles. The Morgan fingerprint density at radius 2 is 2.18 bits per heavy atom. The van der Waals surface area contributed by atoms with Gasteiger partial charge in [0.1, 0.15) is 5.82 Å². The van der Waals surface area contributed by atoms with Gasteiger partial charge >= 0.3 is 0 Å². The maximum absolute atomic E-state index is 12.1. The number of nitrogen functional groups attached to an aromatic ring is 1. The van der Waals surface area contributed by atoms with Crippen LogP contribution in [0.3, 0.4) is 0 Å². The van der Waals surface area contributed by atoms with Crippen LogP contribution in [0.25, 0.3) is 0 Å². The van der Waals surface area contributed by atoms with E-state index in [2.05, 4.69) is 10.3 Å². The summed E-state index contributed by atoms with van der Waals surface area (Å²) < 4.78 is 0. The van der Waals surface area contributed by atoms with Gasteiger partial charge in [-0.25, -0.2) is 4.98 Å². The Labute approximate surface area is 100 Å². The van der Waals surface area contributed by atoms with Gasteiger partial charge in [-0.15, -0.1) is 0 Å². The molecular weight excluding hydrogens is 216 g/mol. The molecule has 2 unspecified atom stereocenters. The summed E-state index contributed by atoms with van der Waals surface area (Å²) in [6.07, 6.45) is 2.32. The van der Waals surface area contributed by atoms with Crippen molar-refractivity contribution in [3.63, 3.8) is 0 Å². The van der Waals surface area contributed by atoms with E-state index in [-0.39, 0.29) is 5.91 Å². The summed E-state index contributed by atoms with van der Waals surface area (Å²) in [6.45, 7) is 2.78. The number of hydrogen-bond acceptors (Lipinski definition) is 4. The SMILES string of the molecule is Nc1ccc(N2CC3CNCC3CC2=O)cn1. The second-order valence-corrected chi connectivity index (χ2v) is 4.83. The highest BCUT2D eigenvalue weighted by Crippen LogP contribution is 2.30. The number of nitrogens with zero attached hydrogens (tertiary/aromatic N) is 2. The van der Waals surface area contributed by atoms with Crippen LogP contribution in [0.4, 0.5) is 11.5 Å². The van der Waals surface area contributed by atoms with Gasteiger partial charge in [-0.2, -0.15) is 0 Å². The van der Waals surface area contributed by atoms with E-state index in [1.807, 2.05) is 11.0 Å². The third-order valence-corrected chi connectivity index (χ3v) is 3.72. The Balaban J connectivity index is 1.83. The van der Waals surface area contributed by atoms with E-state index in [1.165, 1.54) is 0 Å². The molecule has 3 N–H and O–H groups in total. The molecule has 0 bridgehead atoms. The molecule has 90 valence electrons. The molecule has 2 atom stereocenters. The Kier molecular flexibility index (Phi) is 2.48. The van der Waals surface area contributed by atoms with Gasteiger partial charge in [-0.05, 0) is 37.1 Å². The van der Waals surface area contributed by atoms with E-state index >= 15 is 0 Å². The highest BCUT2D eigenvalue weighted by Gasteiger charge is 2.37. The summed E-state index contributed by atoms with van der Waals surface area (Å²) in [4.78, 5) is 17.9. The van der Waals surface area contributed by atoms with E-state index in [9.17, 15) is 4.79 Å². The number of pyridine rings is 1. The maximum atomic E-state index is 12.1. The standard InChI is InChI=1S/C12H16N4O/c13-11-2-1-10(6-15-11)16-7-9-5-14-4-8(9)3-12(16)17/h1-2,6,8-9,14H,3-5,7H2,(H2,13,15). The molecule has 2 aliphatic rings. The van der Waals surface area contributed by atoms with Gasteiger partial charge in [0.2, 0.25) is 5.91 Å². The first-order valence-electron chi connectivity index (χ1n) is 5.96. The monoisotopic (exact) mass is 232 g/mol. The van der Waals surface area contributed by atoms with Crippen LogP contribution in [0.1, 0.15) is 6.42 Å². The van der Waals surface area contributed by atoms with Crippen LogP contribution in [0, 0.1) is 11.8 Å². The minimum Gasteiger partial charge on any atom is -0.384 e. The number of fused-ring (bicyclic) bond motifs is 1. The topological polar surface area (TPSA) is 71.2 Å². The first-order valence-corrected chi connectivity index (χ1v) is 5.96. The van der Waals surface area contributed by atoms with Gasteiger partial charge in [0.25, 0.3) is 0 Å². The molecule has 3 heterocycles. The van der Waals surface area contributed by atoms with Crippen molar-refractivity contribution in [2.24, 2.45) is 11.8 Å². The second kappa shape index (κ2) is 4.00. The van der Waals surface area contributed by atoms with Gasteiger partial charge in [-0.3, -0.25) is 4.79 Å². The fourth-order valence-electron chi connectivity index (χ4n) is 2.72. The number of rotatable bonds is 1. The number of nitrogens with one attached hydrogen (secondary N) is 1. The van der Waals surface area contributed by atoms with Crippen molar-refractivity contribution in [2.75, 3.05) is 30.3 Å². The molecule has 2 fully saturated rings. The summed E-state index contributed by atoms with van der Waals surface area (Å²) in [7, 11) is 0. The Bertz CT molecular complexity index is 431. The van der Waals surface area contributed by atoms with Crippen LogP contribution in [0.2, 0.25) is 0 Å². The lowest BCUT2D eigenvalue weighted by Gasteiger charge is -2.34. The molecule has 3 rings (SSSR count). The van der Waals surface area contributed by atoms with Gasteiger partial charge in [0, 0.05) is 13.0 Å². The first kappa shape index (κ1) is 10.5. The predicted octanol–water partition coefficient (Wildman–Crippen LogP) is 0.236. The number of carbonyl (C=O) groups is 1. The lowest BCUT2D eigenvalue weighted by atomic mass is 9.88. The smallest absolute Gasteiger partial charge is 0.227 e. The molecular formula is C12H16N4O. The third kappa shape index (κ3) is 1.86. The lowest BCUT2D eigenvalue weighted by Crippen LogP contribution is -2.44. The van der Waals surface area contributed by atoms with Crippen molar-refractivity contribution < 1.29 is 4.79 Å². The molecule has 0 spiro atoms. The average Bonchev–Trinajstić information content (AvgIpc) is 2.76. The molecule has 0 saturated carbocycles. The van der Waals surface area contributed by atoms with Crippen molar-refractivity contribution in [2.45, 2.75) is 6.42 Å². The fraction of sp³-hybridized carbons (Fsp3) is 0.500. The first-order chi connectivity index (χ1) is 8.24. The molecule has 5 nitrogen and oxygen atoms in total. The van der Waals surface area contributed by atoms with Crippen LogP contribution in [0.5, 0.6) is 0 Å². The molecule has 0 aromatic carbocycles. The zero-order chi connectivity index (χ0) is 11.8. The van der Waals surface area contributed by atoms with Crippen LogP contribution in [-0.4, -0.2) is 30.5 Å². The zero-order valence-electron chi connectivity index (χ0n) is 9.60. The Morgan fingerprint density at radius 3 is 2.94 bits per heavy atom. The summed E-state index contributed by atoms with van der Waals surface area (Å²) in [5, 5.41) is 3.35. The number of anilines is 2. The fourth-order valence-corrected chi connectivity index (χ4v) is 2.72. The van der Waals surface area contributed by atoms with Crippen molar-refractivity contribution in [3.05, 3.63) is 18.3 Å². The molecule has 5 heteroatoms. The van der Waals surface area contributed by atoms with E-state index in [4.69, 9.17) is 5.73 Å². The molecule has 0 radical (unpaired) electrons. The normalized spacial score (nSPS) is 28.2. The van der Waals surface area contributed by atoms with Crippen molar-refractivity contribution in [1.82, 2.24) is 10.3 Å². The van der Waals surface area contributed by atoms with Crippen molar-refractivity contribution >= 4 is 17.4 Å². The average molecular weight is 232 g/mol. The number of amides is 1. The van der Waals surface area contributed by atoms with Gasteiger partial charge < -0.3 is 16.0 Å². The zero-order valence-corrected chi connectivity index (χ0v) is 9.60. The number of aromatic nitrogens is 1. The lowest BCUT2D eigenvalue weighted by molar-refractivity contribution is -0.121. The second-order valence-electron chi connectivity index (χ2n) is 4.83. The van der Waals surface area contributed by atoms with Gasteiger partial charge in [-0.1, -0.05) is 0 Å². The number of hydrogen-bond donors (Lipinski definition) is 2. The van der Waals surface area contributed by atoms with E-state index in [0.717, 1.165) is 25.3 Å². The number of nitrogens with two attached hydrogens (primary N) is 1. The number of carbonyl (C=O) groups excluding carboxylic acids is 1. The molecule has 2 aliphatic heterocycles. The molecule has 0 aliphatic carbocycles. The Morgan fingerprint density at radius 1 is 1.35 bits per heavy atom. The van der Waals surface area contributed by atoms with E-state index < -0.39 is 0 Å². The molecule has 17 heavy (non-hydrogen) atoms. The van der Waals surface area contributed by atoms with E-state index in [1.54, 1.807) is 12.3 Å². The third-order valence-electron chi connectivity index (χ3n) is 3.72. The minimum absolute atomic E-state index is 0.196. The quantitative estimate of drug-likeness (QED) is 0.727. The highest BCUT2D eigenvalue weighted by atomic mass is 16.2. The van der Waals surface area contributed by atoms with Crippen LogP contribution in [-0.2, 0) is 4.79 Å². The van der Waals surface area contributed by atoms with Crippen LogP contribution >= 0.6 is 0 Å². The Hall–Kier alpha value is -1.62. The largest absolute Gasteiger partial charge is 0.384 e. The predicted molar refractivity (Wildman–Crippen MR) is 65.5 cm³/mol. The highest BCUT2D eigenvalue weighted by molar-refractivity contribution is 5.94. The summed E-state index contributed by atoms with van der Waals surface area (Å²) in [5.74, 6) is 1.77. The van der Waals surface area contributed by atoms with Crippen molar-refractivity contribution in [1.29, 1.82) is 0 Å². The molecule has 1 amide bonds. The maximum Gasteiger partial charge on any atom is 0.227 e. The van der Waals surface area contributed by atoms with Crippen LogP contribution < -0.4 is 16.0 Å². The van der Waals surface area contributed by atoms with Crippen LogP contribution in [0.15, 0.2) is 18.3 Å². The minimum atomic E-state index is 0.196. The summed E-state index contributed by atoms with van der Waals surface area (Å²) in [5.41, 5.74) is 6.41. The number of piperidine rings is 1. The molecule has 1 aromatic heterocycles. The molecule has 1 aromatic rings. The van der Waals surface area contributed by atoms with Crippen molar-refractivity contribution in [3.8, 4) is 0 Å². The van der Waals surface area contributed by atoms with Gasteiger partial charge in [0.15, 0.2) is 0 Å². The summed E-state index contributed by atoms with van der Waals surface area (Å²) >= 11 is 0. The summed E-state index contributed by atoms with van der Waals surface area (Å²) in [6, 6.07) is 3.60.